The minimum atomic E-state index is -0.930. The van der Waals surface area contributed by atoms with E-state index in [1.165, 1.54) is 0 Å². The Morgan fingerprint density at radius 2 is 2.20 bits per heavy atom. The zero-order valence-corrected chi connectivity index (χ0v) is 9.68. The van der Waals surface area contributed by atoms with E-state index in [4.69, 9.17) is 10.8 Å². The Morgan fingerprint density at radius 3 is 2.73 bits per heavy atom. The van der Waals surface area contributed by atoms with E-state index in [0.29, 0.717) is 6.54 Å². The molecule has 0 spiro atoms. The van der Waals surface area contributed by atoms with Crippen LogP contribution in [-0.4, -0.2) is 41.6 Å². The molecular formula is C9H18N2O3S. The first-order chi connectivity index (χ1) is 7.07. The maximum absolute atomic E-state index is 11.3. The zero-order valence-electron chi connectivity index (χ0n) is 8.86. The zero-order chi connectivity index (χ0) is 11.7. The predicted octanol–water partition coefficient (Wildman–Crippen LogP) is 0.0478. The molecule has 1 amide bonds. The molecule has 5 nitrogen and oxygen atoms in total. The van der Waals surface area contributed by atoms with Crippen LogP contribution in [0.5, 0.6) is 0 Å². The number of carbonyl (C=O) groups excluding carboxylic acids is 1. The Labute approximate surface area is 93.8 Å². The number of carbonyl (C=O) groups is 2. The summed E-state index contributed by atoms with van der Waals surface area (Å²) in [6.45, 7) is 0.598. The summed E-state index contributed by atoms with van der Waals surface area (Å²) in [4.78, 5) is 21.5. The molecule has 0 aromatic heterocycles. The van der Waals surface area contributed by atoms with Gasteiger partial charge in [-0.25, -0.2) is 0 Å². The molecule has 6 heteroatoms. The number of aliphatic carboxylic acids is 1. The van der Waals surface area contributed by atoms with E-state index in [0.717, 1.165) is 12.2 Å². The number of carboxylic acids is 1. The highest BCUT2D eigenvalue weighted by molar-refractivity contribution is 7.98. The average molecular weight is 234 g/mol. The summed E-state index contributed by atoms with van der Waals surface area (Å²) in [6.07, 6.45) is 3.02. The number of amides is 1. The van der Waals surface area contributed by atoms with Gasteiger partial charge in [-0.1, -0.05) is 0 Å². The van der Waals surface area contributed by atoms with Crippen molar-refractivity contribution in [2.24, 2.45) is 5.73 Å². The molecule has 15 heavy (non-hydrogen) atoms. The van der Waals surface area contributed by atoms with Gasteiger partial charge < -0.3 is 16.2 Å². The first kappa shape index (κ1) is 14.2. The van der Waals surface area contributed by atoms with Gasteiger partial charge in [0.1, 0.15) is 0 Å². The van der Waals surface area contributed by atoms with Gasteiger partial charge in [0.05, 0.1) is 6.04 Å². The van der Waals surface area contributed by atoms with E-state index in [9.17, 15) is 9.59 Å². The van der Waals surface area contributed by atoms with E-state index >= 15 is 0 Å². The van der Waals surface area contributed by atoms with Crippen molar-refractivity contribution in [3.8, 4) is 0 Å². The van der Waals surface area contributed by atoms with Gasteiger partial charge in [0.25, 0.3) is 0 Å². The highest BCUT2D eigenvalue weighted by atomic mass is 32.2. The van der Waals surface area contributed by atoms with Crippen molar-refractivity contribution in [2.45, 2.75) is 25.3 Å². The lowest BCUT2D eigenvalue weighted by atomic mass is 10.1. The summed E-state index contributed by atoms with van der Waals surface area (Å²) in [5.41, 5.74) is 5.50. The van der Waals surface area contributed by atoms with Gasteiger partial charge in [0.2, 0.25) is 5.91 Å². The highest BCUT2D eigenvalue weighted by Crippen LogP contribution is 1.96. The Kier molecular flexibility index (Phi) is 8.12. The van der Waals surface area contributed by atoms with Gasteiger partial charge in [-0.15, -0.1) is 0 Å². The molecular weight excluding hydrogens is 216 g/mol. The molecule has 0 heterocycles. The molecule has 0 bridgehead atoms. The van der Waals surface area contributed by atoms with Crippen molar-refractivity contribution in [3.63, 3.8) is 0 Å². The molecule has 0 aliphatic carbocycles. The summed E-state index contributed by atoms with van der Waals surface area (Å²) in [5.74, 6) is -0.206. The lowest BCUT2D eigenvalue weighted by Gasteiger charge is -2.10. The predicted molar refractivity (Wildman–Crippen MR) is 60.9 cm³/mol. The van der Waals surface area contributed by atoms with Crippen molar-refractivity contribution >= 4 is 23.6 Å². The minimum absolute atomic E-state index is 0.0700. The fourth-order valence-corrected chi connectivity index (χ4v) is 1.40. The largest absolute Gasteiger partial charge is 0.481 e. The van der Waals surface area contributed by atoms with Crippen molar-refractivity contribution < 1.29 is 14.7 Å². The number of hydrogen-bond donors (Lipinski definition) is 3. The summed E-state index contributed by atoms with van der Waals surface area (Å²) in [5, 5.41) is 11.1. The molecule has 0 saturated heterocycles. The van der Waals surface area contributed by atoms with E-state index < -0.39 is 12.0 Å². The molecule has 0 aliphatic heterocycles. The van der Waals surface area contributed by atoms with Crippen LogP contribution in [-0.2, 0) is 9.59 Å². The maximum atomic E-state index is 11.3. The molecule has 0 saturated carbocycles. The first-order valence-corrected chi connectivity index (χ1v) is 6.21. The van der Waals surface area contributed by atoms with Crippen LogP contribution in [0.25, 0.3) is 0 Å². The van der Waals surface area contributed by atoms with Crippen molar-refractivity contribution in [1.82, 2.24) is 5.32 Å². The van der Waals surface area contributed by atoms with Crippen molar-refractivity contribution in [1.29, 1.82) is 0 Å². The van der Waals surface area contributed by atoms with Gasteiger partial charge >= 0.3 is 5.97 Å². The van der Waals surface area contributed by atoms with Gasteiger partial charge in [0, 0.05) is 13.0 Å². The number of nitrogens with two attached hydrogens (primary N) is 1. The summed E-state index contributed by atoms with van der Waals surface area (Å²) >= 11 is 1.72. The fourth-order valence-electron chi connectivity index (χ4n) is 0.969. The summed E-state index contributed by atoms with van der Waals surface area (Å²) in [6, 6.07) is -0.713. The van der Waals surface area contributed by atoms with Crippen LogP contribution in [0.1, 0.15) is 19.3 Å². The van der Waals surface area contributed by atoms with Crippen LogP contribution >= 0.6 is 11.8 Å². The monoisotopic (exact) mass is 234 g/mol. The molecule has 1 unspecified atom stereocenters. The van der Waals surface area contributed by atoms with Gasteiger partial charge in [-0.3, -0.25) is 9.59 Å². The maximum Gasteiger partial charge on any atom is 0.303 e. The standard InChI is InChI=1S/C9H18N2O3S/c1-15-6-2-5-11-9(14)7(10)3-4-8(12)13/h7H,2-6,10H2,1H3,(H,11,14)(H,12,13). The third kappa shape index (κ3) is 8.26. The molecule has 88 valence electrons. The Balaban J connectivity index is 3.55. The van der Waals surface area contributed by atoms with Gasteiger partial charge in [0.15, 0.2) is 0 Å². The van der Waals surface area contributed by atoms with Crippen LogP contribution in [0.3, 0.4) is 0 Å². The second-order valence-electron chi connectivity index (χ2n) is 3.18. The molecule has 0 aromatic rings. The number of nitrogens with one attached hydrogen (secondary N) is 1. The summed E-state index contributed by atoms with van der Waals surface area (Å²) in [7, 11) is 0. The average Bonchev–Trinajstić information content (AvgIpc) is 2.20. The Hall–Kier alpha value is -0.750. The second kappa shape index (κ2) is 8.55. The minimum Gasteiger partial charge on any atom is -0.481 e. The SMILES string of the molecule is CSCCCNC(=O)C(N)CCC(=O)O. The van der Waals surface area contributed by atoms with Crippen LogP contribution < -0.4 is 11.1 Å². The van der Waals surface area contributed by atoms with Crippen LogP contribution in [0.2, 0.25) is 0 Å². The number of carboxylic acid groups (broad SMARTS) is 1. The second-order valence-corrected chi connectivity index (χ2v) is 4.16. The third-order valence-corrected chi connectivity index (χ3v) is 2.53. The number of hydrogen-bond acceptors (Lipinski definition) is 4. The molecule has 0 aliphatic rings. The van der Waals surface area contributed by atoms with Gasteiger partial charge in [-0.05, 0) is 24.9 Å². The van der Waals surface area contributed by atoms with E-state index in [1.54, 1.807) is 11.8 Å². The van der Waals surface area contributed by atoms with E-state index in [-0.39, 0.29) is 18.7 Å². The number of rotatable bonds is 8. The molecule has 1 atom stereocenters. The quantitative estimate of drug-likeness (QED) is 0.516. The summed E-state index contributed by atoms with van der Waals surface area (Å²) < 4.78 is 0. The molecule has 0 rings (SSSR count). The lowest BCUT2D eigenvalue weighted by Crippen LogP contribution is -2.41. The third-order valence-electron chi connectivity index (χ3n) is 1.83. The van der Waals surface area contributed by atoms with Crippen molar-refractivity contribution in [3.05, 3.63) is 0 Å². The van der Waals surface area contributed by atoms with Crippen molar-refractivity contribution in [2.75, 3.05) is 18.6 Å². The molecule has 0 radical (unpaired) electrons. The molecule has 4 N–H and O–H groups in total. The topological polar surface area (TPSA) is 92.4 Å². The van der Waals surface area contributed by atoms with Gasteiger partial charge in [-0.2, -0.15) is 11.8 Å². The molecule has 0 aromatic carbocycles. The van der Waals surface area contributed by atoms with Crippen LogP contribution in [0.15, 0.2) is 0 Å². The number of thioether (sulfide) groups is 1. The fraction of sp³-hybridized carbons (Fsp3) is 0.778. The van der Waals surface area contributed by atoms with Crippen LogP contribution in [0, 0.1) is 0 Å². The van der Waals surface area contributed by atoms with E-state index in [1.807, 2.05) is 6.26 Å². The lowest BCUT2D eigenvalue weighted by molar-refractivity contribution is -0.137. The normalized spacial score (nSPS) is 12.1. The van der Waals surface area contributed by atoms with E-state index in [2.05, 4.69) is 5.32 Å². The Bertz CT molecular complexity index is 212. The Morgan fingerprint density at radius 1 is 1.53 bits per heavy atom. The van der Waals surface area contributed by atoms with Crippen LogP contribution in [0.4, 0.5) is 0 Å². The highest BCUT2D eigenvalue weighted by Gasteiger charge is 2.13. The first-order valence-electron chi connectivity index (χ1n) is 4.82. The molecule has 0 fully saturated rings. The smallest absolute Gasteiger partial charge is 0.303 e.